The van der Waals surface area contributed by atoms with E-state index in [0.29, 0.717) is 16.7 Å². The van der Waals surface area contributed by atoms with Gasteiger partial charge >= 0.3 is 5.92 Å². The lowest BCUT2D eigenvalue weighted by atomic mass is 9.70. The Balaban J connectivity index is 2.37. The van der Waals surface area contributed by atoms with Crippen LogP contribution in [0.3, 0.4) is 0 Å². The van der Waals surface area contributed by atoms with Crippen LogP contribution in [0.2, 0.25) is 0 Å². The molecule has 0 aliphatic heterocycles. The molecule has 0 amide bonds. The zero-order valence-electron chi connectivity index (χ0n) is 9.05. The summed E-state index contributed by atoms with van der Waals surface area (Å²) in [6.45, 7) is 1.60. The number of hydrogen-bond donors (Lipinski definition) is 0. The molecule has 0 nitrogen and oxygen atoms in total. The van der Waals surface area contributed by atoms with Crippen molar-refractivity contribution in [1.29, 1.82) is 0 Å². The van der Waals surface area contributed by atoms with Crippen LogP contribution in [-0.4, -0.2) is 11.1 Å². The Morgan fingerprint density at radius 3 is 2.18 bits per heavy atom. The SMILES string of the molecule is CC1=CC2c3ccc(cc3)C1C(F)(F)C2(F)Cl. The largest absolute Gasteiger partial charge is 0.306 e. The van der Waals surface area contributed by atoms with Crippen LogP contribution in [0.1, 0.15) is 29.9 Å². The minimum Gasteiger partial charge on any atom is -0.218 e. The van der Waals surface area contributed by atoms with Gasteiger partial charge in [-0.25, -0.2) is 13.2 Å². The molecule has 17 heavy (non-hydrogen) atoms. The molecule has 1 aromatic rings. The second kappa shape index (κ2) is 3.08. The first-order valence-corrected chi connectivity index (χ1v) is 5.77. The van der Waals surface area contributed by atoms with Crippen LogP contribution in [0.4, 0.5) is 13.2 Å². The Kier molecular flexibility index (Phi) is 2.02. The molecule has 5 aliphatic rings. The highest BCUT2D eigenvalue weighted by Crippen LogP contribution is 2.60. The van der Waals surface area contributed by atoms with Crippen LogP contribution in [0, 0.1) is 0 Å². The molecule has 90 valence electrons. The lowest BCUT2D eigenvalue weighted by Gasteiger charge is -2.44. The van der Waals surface area contributed by atoms with Crippen LogP contribution in [0.5, 0.6) is 0 Å². The number of benzene rings is 1. The minimum absolute atomic E-state index is 0.410. The van der Waals surface area contributed by atoms with Crippen LogP contribution in [0.15, 0.2) is 35.9 Å². The average molecular weight is 259 g/mol. The minimum atomic E-state index is -3.59. The Morgan fingerprint density at radius 2 is 1.59 bits per heavy atom. The quantitative estimate of drug-likeness (QED) is 0.479. The summed E-state index contributed by atoms with van der Waals surface area (Å²) in [5.74, 6) is -5.95. The number of hydrogen-bond acceptors (Lipinski definition) is 0. The van der Waals surface area contributed by atoms with Gasteiger partial charge in [0.15, 0.2) is 0 Å². The molecule has 0 spiro atoms. The summed E-state index contributed by atoms with van der Waals surface area (Å²) in [6.07, 6.45) is 1.53. The van der Waals surface area contributed by atoms with Crippen LogP contribution >= 0.6 is 11.6 Å². The van der Waals surface area contributed by atoms with Crippen molar-refractivity contribution in [3.8, 4) is 0 Å². The Morgan fingerprint density at radius 1 is 1.06 bits per heavy atom. The first kappa shape index (κ1) is 11.1. The molecule has 3 unspecified atom stereocenters. The van der Waals surface area contributed by atoms with E-state index in [1.807, 2.05) is 0 Å². The molecular formula is C13H10ClF3. The Bertz CT molecular complexity index is 502. The van der Waals surface area contributed by atoms with Crippen molar-refractivity contribution in [2.45, 2.75) is 29.8 Å². The van der Waals surface area contributed by atoms with E-state index in [2.05, 4.69) is 0 Å². The number of rotatable bonds is 0. The highest BCUT2D eigenvalue weighted by molar-refractivity contribution is 6.24. The topological polar surface area (TPSA) is 0 Å². The summed E-state index contributed by atoms with van der Waals surface area (Å²) >= 11 is 5.53. The summed E-state index contributed by atoms with van der Waals surface area (Å²) < 4.78 is 42.6. The predicted molar refractivity (Wildman–Crippen MR) is 60.3 cm³/mol. The normalized spacial score (nSPS) is 37.6. The molecule has 0 fully saturated rings. The molecule has 0 radical (unpaired) electrons. The maximum absolute atomic E-state index is 14.3. The van der Waals surface area contributed by atoms with Crippen molar-refractivity contribution in [2.75, 3.05) is 0 Å². The first-order chi connectivity index (χ1) is 7.85. The van der Waals surface area contributed by atoms with E-state index >= 15 is 0 Å². The third kappa shape index (κ3) is 1.21. The number of halogens is 4. The fraction of sp³-hybridized carbons (Fsp3) is 0.385. The van der Waals surface area contributed by atoms with Crippen molar-refractivity contribution in [3.05, 3.63) is 47.0 Å². The van der Waals surface area contributed by atoms with E-state index in [-0.39, 0.29) is 0 Å². The zero-order chi connectivity index (χ0) is 12.4. The van der Waals surface area contributed by atoms with E-state index in [9.17, 15) is 13.2 Å². The van der Waals surface area contributed by atoms with Gasteiger partial charge in [-0.1, -0.05) is 47.5 Å². The maximum Gasteiger partial charge on any atom is 0.306 e. The number of allylic oxidation sites excluding steroid dienone is 2. The number of alkyl halides is 4. The van der Waals surface area contributed by atoms with Crippen molar-refractivity contribution in [3.63, 3.8) is 0 Å². The molecule has 4 bridgehead atoms. The van der Waals surface area contributed by atoms with Crippen LogP contribution < -0.4 is 0 Å². The summed E-state index contributed by atoms with van der Waals surface area (Å²) in [7, 11) is 0. The van der Waals surface area contributed by atoms with Gasteiger partial charge in [-0.05, 0) is 18.1 Å². The van der Waals surface area contributed by atoms with E-state index in [4.69, 9.17) is 11.6 Å². The molecule has 6 rings (SSSR count). The molecule has 0 saturated heterocycles. The Hall–Kier alpha value is -0.960. The molecule has 3 atom stereocenters. The second-order valence-corrected chi connectivity index (χ2v) is 5.28. The standard InChI is InChI=1S/C13H10ClF3/c1-7-6-10-8-2-4-9(5-3-8)11(7)13(16,17)12(10,14)15/h2-6,10-11H,1H3. The van der Waals surface area contributed by atoms with Gasteiger partial charge in [0.2, 0.25) is 0 Å². The van der Waals surface area contributed by atoms with Gasteiger partial charge in [-0.2, -0.15) is 0 Å². The fourth-order valence-corrected chi connectivity index (χ4v) is 3.12. The van der Waals surface area contributed by atoms with Gasteiger partial charge < -0.3 is 0 Å². The van der Waals surface area contributed by atoms with Gasteiger partial charge in [0.25, 0.3) is 5.13 Å². The maximum atomic E-state index is 14.3. The van der Waals surface area contributed by atoms with Crippen molar-refractivity contribution in [1.82, 2.24) is 0 Å². The molecule has 0 aromatic heterocycles. The lowest BCUT2D eigenvalue weighted by molar-refractivity contribution is -0.119. The van der Waals surface area contributed by atoms with Gasteiger partial charge in [0.05, 0.1) is 11.8 Å². The van der Waals surface area contributed by atoms with E-state index < -0.39 is 22.9 Å². The van der Waals surface area contributed by atoms with Gasteiger partial charge in [-0.15, -0.1) is 0 Å². The predicted octanol–water partition coefficient (Wildman–Crippen LogP) is 4.37. The highest BCUT2D eigenvalue weighted by atomic mass is 35.5. The van der Waals surface area contributed by atoms with Crippen molar-refractivity contribution < 1.29 is 13.2 Å². The monoisotopic (exact) mass is 258 g/mol. The van der Waals surface area contributed by atoms with E-state index in [0.717, 1.165) is 0 Å². The highest BCUT2D eigenvalue weighted by Gasteiger charge is 2.66. The summed E-state index contributed by atoms with van der Waals surface area (Å²) in [5, 5.41) is -3.05. The summed E-state index contributed by atoms with van der Waals surface area (Å²) in [6, 6.07) is 6.59. The fourth-order valence-electron chi connectivity index (χ4n) is 2.82. The Labute approximate surface area is 102 Å². The molecule has 5 aliphatic carbocycles. The van der Waals surface area contributed by atoms with Gasteiger partial charge in [0.1, 0.15) is 0 Å². The third-order valence-corrected chi connectivity index (χ3v) is 4.20. The van der Waals surface area contributed by atoms with Crippen LogP contribution in [0.25, 0.3) is 0 Å². The van der Waals surface area contributed by atoms with E-state index in [1.54, 1.807) is 31.2 Å². The summed E-state index contributed by atoms with van der Waals surface area (Å²) in [4.78, 5) is 0. The average Bonchev–Trinajstić information content (AvgIpc) is 2.22. The smallest absolute Gasteiger partial charge is 0.218 e. The van der Waals surface area contributed by atoms with Crippen molar-refractivity contribution >= 4 is 11.6 Å². The molecule has 0 saturated carbocycles. The molecule has 0 heterocycles. The third-order valence-electron chi connectivity index (χ3n) is 3.71. The molecule has 0 N–H and O–H groups in total. The van der Waals surface area contributed by atoms with Gasteiger partial charge in [-0.3, -0.25) is 0 Å². The van der Waals surface area contributed by atoms with E-state index in [1.165, 1.54) is 6.08 Å². The van der Waals surface area contributed by atoms with Crippen LogP contribution in [-0.2, 0) is 0 Å². The second-order valence-electron chi connectivity index (χ2n) is 4.73. The van der Waals surface area contributed by atoms with Gasteiger partial charge in [0, 0.05) is 0 Å². The first-order valence-electron chi connectivity index (χ1n) is 5.39. The van der Waals surface area contributed by atoms with Crippen molar-refractivity contribution in [2.24, 2.45) is 0 Å². The lowest BCUT2D eigenvalue weighted by Crippen LogP contribution is -2.51. The molecule has 1 aromatic carbocycles. The summed E-state index contributed by atoms with van der Waals surface area (Å²) in [5.41, 5.74) is 1.38. The molecular weight excluding hydrogens is 249 g/mol. The zero-order valence-corrected chi connectivity index (χ0v) is 9.81. The molecule has 4 heteroatoms.